The zero-order valence-electron chi connectivity index (χ0n) is 17.1. The highest BCUT2D eigenvalue weighted by Gasteiger charge is 2.28. The minimum absolute atomic E-state index is 0.0173. The van der Waals surface area contributed by atoms with Crippen LogP contribution in [0.2, 0.25) is 0 Å². The first-order valence-corrected chi connectivity index (χ1v) is 9.98. The Morgan fingerprint density at radius 1 is 0.848 bits per heavy atom. The lowest BCUT2D eigenvalue weighted by Gasteiger charge is -2.15. The number of aromatic nitrogens is 1. The van der Waals surface area contributed by atoms with Crippen LogP contribution >= 0.6 is 0 Å². The molecule has 0 aliphatic carbocycles. The van der Waals surface area contributed by atoms with E-state index in [0.717, 1.165) is 0 Å². The monoisotopic (exact) mass is 453 g/mol. The molecule has 0 spiro atoms. The number of benzene rings is 3. The van der Waals surface area contributed by atoms with Crippen LogP contribution in [0.3, 0.4) is 0 Å². The van der Waals surface area contributed by atoms with E-state index in [1.54, 1.807) is 58.4 Å². The molecule has 4 aromatic rings. The molecule has 0 saturated carbocycles. The Balaban J connectivity index is 1.60. The predicted octanol–water partition coefficient (Wildman–Crippen LogP) is 4.09. The molecule has 1 heterocycles. The molecule has 33 heavy (non-hydrogen) atoms. The fourth-order valence-corrected chi connectivity index (χ4v) is 3.61. The number of halogens is 3. The third kappa shape index (κ3) is 4.87. The van der Waals surface area contributed by atoms with Gasteiger partial charge in [-0.2, -0.15) is 13.2 Å². The fraction of sp³-hybridized carbons (Fsp3) is 0.125. The van der Waals surface area contributed by atoms with Crippen molar-refractivity contribution in [3.05, 3.63) is 88.6 Å². The molecule has 0 aliphatic heterocycles. The summed E-state index contributed by atoms with van der Waals surface area (Å²) < 4.78 is 38.8. The molecule has 3 aromatic carbocycles. The van der Waals surface area contributed by atoms with Crippen LogP contribution in [0, 0.1) is 0 Å². The summed E-state index contributed by atoms with van der Waals surface area (Å²) in [6.45, 7) is -1.57. The molecule has 168 valence electrons. The van der Waals surface area contributed by atoms with E-state index in [9.17, 15) is 27.6 Å². The van der Waals surface area contributed by atoms with Crippen LogP contribution in [-0.4, -0.2) is 29.1 Å². The van der Waals surface area contributed by atoms with E-state index < -0.39 is 24.5 Å². The highest BCUT2D eigenvalue weighted by atomic mass is 19.4. The van der Waals surface area contributed by atoms with Crippen LogP contribution in [0.4, 0.5) is 18.9 Å². The lowest BCUT2D eigenvalue weighted by atomic mass is 10.1. The minimum Gasteiger partial charge on any atom is -0.343 e. The van der Waals surface area contributed by atoms with Gasteiger partial charge in [-0.05, 0) is 42.5 Å². The van der Waals surface area contributed by atoms with E-state index in [4.69, 9.17) is 0 Å². The molecule has 0 fully saturated rings. The van der Waals surface area contributed by atoms with Crippen molar-refractivity contribution in [2.45, 2.75) is 12.7 Å². The first kappa shape index (κ1) is 22.1. The van der Waals surface area contributed by atoms with Gasteiger partial charge in [-0.1, -0.05) is 30.3 Å². The summed E-state index contributed by atoms with van der Waals surface area (Å²) >= 11 is 0. The standard InChI is InChI=1S/C24H18F3N3O3/c25-24(26,27)14-28-23(33)15-6-5-7-16(12-15)29-21(31)13-30-19-10-3-1-8-17(19)22(32)18-9-2-4-11-20(18)30/h1-12H,13-14H2,(H,28,33)(H,29,31). The maximum atomic E-state index is 12.8. The SMILES string of the molecule is O=C(Cn1c2ccccc2c(=O)c2ccccc21)Nc1cccc(C(=O)NCC(F)(F)F)c1. The summed E-state index contributed by atoms with van der Waals surface area (Å²) in [5.41, 5.74) is 1.30. The summed E-state index contributed by atoms with van der Waals surface area (Å²) in [6.07, 6.45) is -4.52. The molecule has 0 bridgehead atoms. The summed E-state index contributed by atoms with van der Waals surface area (Å²) in [7, 11) is 0. The number of hydrogen-bond acceptors (Lipinski definition) is 3. The maximum Gasteiger partial charge on any atom is 0.405 e. The number of rotatable bonds is 5. The van der Waals surface area contributed by atoms with Crippen molar-refractivity contribution in [2.24, 2.45) is 0 Å². The van der Waals surface area contributed by atoms with Crippen LogP contribution in [0.25, 0.3) is 21.8 Å². The molecule has 6 nitrogen and oxygen atoms in total. The van der Waals surface area contributed by atoms with Gasteiger partial charge in [0.25, 0.3) is 5.91 Å². The van der Waals surface area contributed by atoms with Crippen molar-refractivity contribution in [1.29, 1.82) is 0 Å². The summed E-state index contributed by atoms with van der Waals surface area (Å²) in [5.74, 6) is -1.33. The van der Waals surface area contributed by atoms with Crippen molar-refractivity contribution >= 4 is 39.3 Å². The van der Waals surface area contributed by atoms with Gasteiger partial charge in [0, 0.05) is 22.0 Å². The van der Waals surface area contributed by atoms with E-state index in [-0.39, 0.29) is 23.2 Å². The van der Waals surface area contributed by atoms with Crippen molar-refractivity contribution < 1.29 is 22.8 Å². The summed E-state index contributed by atoms with van der Waals surface area (Å²) in [5, 5.41) is 5.41. The average Bonchev–Trinajstić information content (AvgIpc) is 2.80. The number of hydrogen-bond donors (Lipinski definition) is 2. The number of fused-ring (bicyclic) bond motifs is 2. The number of nitrogens with zero attached hydrogens (tertiary/aromatic N) is 1. The smallest absolute Gasteiger partial charge is 0.343 e. The van der Waals surface area contributed by atoms with Gasteiger partial charge in [0.15, 0.2) is 5.43 Å². The third-order valence-corrected chi connectivity index (χ3v) is 5.04. The summed E-state index contributed by atoms with van der Waals surface area (Å²) in [6, 6.07) is 19.6. The van der Waals surface area contributed by atoms with E-state index in [0.29, 0.717) is 21.8 Å². The lowest BCUT2D eigenvalue weighted by Crippen LogP contribution is -2.33. The van der Waals surface area contributed by atoms with Crippen LogP contribution < -0.4 is 16.1 Å². The lowest BCUT2D eigenvalue weighted by molar-refractivity contribution is -0.123. The molecule has 0 atom stereocenters. The molecule has 2 amide bonds. The molecule has 0 radical (unpaired) electrons. The van der Waals surface area contributed by atoms with E-state index in [1.807, 2.05) is 0 Å². The number of amides is 2. The maximum absolute atomic E-state index is 12.8. The quantitative estimate of drug-likeness (QED) is 0.447. The second-order valence-corrected chi connectivity index (χ2v) is 7.38. The molecular weight excluding hydrogens is 435 g/mol. The first-order chi connectivity index (χ1) is 15.7. The highest BCUT2D eigenvalue weighted by molar-refractivity contribution is 5.99. The van der Waals surface area contributed by atoms with Crippen LogP contribution in [0.5, 0.6) is 0 Å². The van der Waals surface area contributed by atoms with Crippen molar-refractivity contribution in [1.82, 2.24) is 9.88 Å². The zero-order valence-corrected chi connectivity index (χ0v) is 17.1. The van der Waals surface area contributed by atoms with Crippen molar-refractivity contribution in [3.8, 4) is 0 Å². The van der Waals surface area contributed by atoms with Gasteiger partial charge in [-0.25, -0.2) is 0 Å². The normalized spacial score (nSPS) is 11.5. The topological polar surface area (TPSA) is 80.2 Å². The predicted molar refractivity (Wildman–Crippen MR) is 119 cm³/mol. The van der Waals surface area contributed by atoms with Gasteiger partial charge in [0.1, 0.15) is 13.1 Å². The van der Waals surface area contributed by atoms with Gasteiger partial charge in [0.05, 0.1) is 11.0 Å². The Morgan fingerprint density at radius 3 is 2.06 bits per heavy atom. The van der Waals surface area contributed by atoms with Gasteiger partial charge >= 0.3 is 6.18 Å². The fourth-order valence-electron chi connectivity index (χ4n) is 3.61. The van der Waals surface area contributed by atoms with E-state index in [2.05, 4.69) is 5.32 Å². The largest absolute Gasteiger partial charge is 0.405 e. The molecule has 0 aliphatic rings. The first-order valence-electron chi connectivity index (χ1n) is 9.98. The molecular formula is C24H18F3N3O3. The number of pyridine rings is 1. The highest BCUT2D eigenvalue weighted by Crippen LogP contribution is 2.20. The number of alkyl halides is 3. The van der Waals surface area contributed by atoms with Crippen molar-refractivity contribution in [2.75, 3.05) is 11.9 Å². The number of anilines is 1. The molecule has 0 unspecified atom stereocenters. The van der Waals surface area contributed by atoms with Crippen LogP contribution in [0.15, 0.2) is 77.6 Å². The number of para-hydroxylation sites is 2. The summed E-state index contributed by atoms with van der Waals surface area (Å²) in [4.78, 5) is 37.6. The Kier molecular flexibility index (Phi) is 5.87. The number of carbonyl (C=O) groups excluding carboxylic acids is 2. The third-order valence-electron chi connectivity index (χ3n) is 5.04. The minimum atomic E-state index is -4.52. The van der Waals surface area contributed by atoms with Gasteiger partial charge in [-0.15, -0.1) is 0 Å². The zero-order chi connectivity index (χ0) is 23.6. The molecule has 9 heteroatoms. The Morgan fingerprint density at radius 2 is 1.45 bits per heavy atom. The van der Waals surface area contributed by atoms with Crippen LogP contribution in [-0.2, 0) is 11.3 Å². The Bertz CT molecular complexity index is 1370. The van der Waals surface area contributed by atoms with Crippen molar-refractivity contribution in [3.63, 3.8) is 0 Å². The van der Waals surface area contributed by atoms with Gasteiger partial charge < -0.3 is 15.2 Å². The molecule has 4 rings (SSSR count). The molecule has 0 saturated heterocycles. The Labute approximate surface area is 185 Å². The van der Waals surface area contributed by atoms with Gasteiger partial charge in [0.2, 0.25) is 5.91 Å². The van der Waals surface area contributed by atoms with E-state index >= 15 is 0 Å². The average molecular weight is 453 g/mol. The number of carbonyl (C=O) groups is 2. The van der Waals surface area contributed by atoms with Gasteiger partial charge in [-0.3, -0.25) is 14.4 Å². The van der Waals surface area contributed by atoms with E-state index in [1.165, 1.54) is 24.3 Å². The molecule has 1 aromatic heterocycles. The van der Waals surface area contributed by atoms with Crippen LogP contribution in [0.1, 0.15) is 10.4 Å². The second-order valence-electron chi connectivity index (χ2n) is 7.38. The number of nitrogens with one attached hydrogen (secondary N) is 2. The Hall–Kier alpha value is -4.14. The molecule has 2 N–H and O–H groups in total. The second kappa shape index (κ2) is 8.78.